The van der Waals surface area contributed by atoms with E-state index in [0.717, 1.165) is 20.2 Å². The molecule has 2 amide bonds. The van der Waals surface area contributed by atoms with E-state index in [1.54, 1.807) is 19.1 Å². The molecule has 2 aromatic heterocycles. The predicted octanol–water partition coefficient (Wildman–Crippen LogP) is 3.74. The van der Waals surface area contributed by atoms with Gasteiger partial charge in [0.05, 0.1) is 24.0 Å². The molecule has 0 saturated carbocycles. The van der Waals surface area contributed by atoms with Crippen molar-refractivity contribution in [1.29, 1.82) is 0 Å². The molecule has 3 heterocycles. The van der Waals surface area contributed by atoms with Crippen molar-refractivity contribution in [3.8, 4) is 0 Å². The summed E-state index contributed by atoms with van der Waals surface area (Å²) in [6.07, 6.45) is -2.76. The summed E-state index contributed by atoms with van der Waals surface area (Å²) in [7, 11) is -2.46. The number of benzene rings is 1. The van der Waals surface area contributed by atoms with Crippen molar-refractivity contribution in [2.45, 2.75) is 110 Å². The fourth-order valence-corrected chi connectivity index (χ4v) is 6.97. The van der Waals surface area contributed by atoms with Crippen LogP contribution in [0.2, 0.25) is 18.1 Å². The number of imidazole rings is 1. The number of nitro groups is 1. The Kier molecular flexibility index (Phi) is 13.8. The number of amides is 2. The maximum absolute atomic E-state index is 13.6. The molecule has 0 bridgehead atoms. The third-order valence-corrected chi connectivity index (χ3v) is 13.9. The zero-order chi connectivity index (χ0) is 41.5. The highest BCUT2D eigenvalue weighted by atomic mass is 28.4. The summed E-state index contributed by atoms with van der Waals surface area (Å²) in [4.78, 5) is 86.2. The third kappa shape index (κ3) is 10.8. The van der Waals surface area contributed by atoms with Gasteiger partial charge in [-0.2, -0.15) is 0 Å². The Bertz CT molecular complexity index is 1930. The Balaban J connectivity index is 1.57. The molecule has 1 aliphatic rings. The number of carbonyl (C=O) groups excluding carboxylic acids is 5. The molecular weight excluding hydrogens is 755 g/mol. The quantitative estimate of drug-likeness (QED) is 0.0730. The van der Waals surface area contributed by atoms with Gasteiger partial charge in [-0.25, -0.2) is 24.5 Å². The highest BCUT2D eigenvalue weighted by molar-refractivity contribution is 6.74. The number of nitrogens with one attached hydrogen (secondary N) is 2. The molecule has 304 valence electrons. The van der Waals surface area contributed by atoms with Gasteiger partial charge in [0.25, 0.3) is 5.69 Å². The third-order valence-electron chi connectivity index (χ3n) is 9.28. The largest absolute Gasteiger partial charge is 0.464 e. The molecule has 20 nitrogen and oxygen atoms in total. The first-order chi connectivity index (χ1) is 26.2. The lowest BCUT2D eigenvalue weighted by molar-refractivity contribution is -0.384. The molecule has 0 unspecified atom stereocenters. The van der Waals surface area contributed by atoms with Crippen molar-refractivity contribution < 1.29 is 57.0 Å². The van der Waals surface area contributed by atoms with Crippen LogP contribution in [0.1, 0.15) is 60.3 Å². The first-order valence-electron chi connectivity index (χ1n) is 17.6. The summed E-state index contributed by atoms with van der Waals surface area (Å²) in [5, 5.41) is 16.0. The minimum Gasteiger partial charge on any atom is -0.464 e. The average Bonchev–Trinajstić information content (AvgIpc) is 3.66. The van der Waals surface area contributed by atoms with Crippen LogP contribution < -0.4 is 10.6 Å². The molecule has 0 aliphatic carbocycles. The van der Waals surface area contributed by atoms with Crippen molar-refractivity contribution in [3.05, 3.63) is 52.6 Å². The normalized spacial score (nSPS) is 19.4. The Labute approximate surface area is 323 Å². The van der Waals surface area contributed by atoms with Crippen LogP contribution in [0.5, 0.6) is 0 Å². The number of non-ortho nitro benzene ring substituents is 1. The number of hydrogen-bond donors (Lipinski definition) is 2. The first-order valence-corrected chi connectivity index (χ1v) is 20.6. The van der Waals surface area contributed by atoms with Crippen LogP contribution in [0.25, 0.3) is 11.2 Å². The first kappa shape index (κ1) is 43.2. The van der Waals surface area contributed by atoms with Crippen molar-refractivity contribution in [1.82, 2.24) is 24.8 Å². The maximum atomic E-state index is 13.6. The summed E-state index contributed by atoms with van der Waals surface area (Å²) in [6, 6.07) is 3.72. The van der Waals surface area contributed by atoms with Crippen molar-refractivity contribution in [2.75, 3.05) is 18.5 Å². The second-order valence-electron chi connectivity index (χ2n) is 14.6. The fraction of sp³-hybridized carbons (Fsp3) is 0.543. The van der Waals surface area contributed by atoms with Gasteiger partial charge in [0.2, 0.25) is 0 Å². The van der Waals surface area contributed by atoms with E-state index >= 15 is 0 Å². The summed E-state index contributed by atoms with van der Waals surface area (Å²) >= 11 is 0. The van der Waals surface area contributed by atoms with Crippen LogP contribution in [-0.4, -0.2) is 106 Å². The second kappa shape index (κ2) is 17.9. The lowest BCUT2D eigenvalue weighted by Crippen LogP contribution is -2.55. The molecule has 6 atom stereocenters. The molecule has 0 radical (unpaired) electrons. The number of esters is 4. The molecule has 1 aliphatic heterocycles. The summed E-state index contributed by atoms with van der Waals surface area (Å²) < 4.78 is 35.6. The molecule has 4 rings (SSSR count). The molecule has 56 heavy (non-hydrogen) atoms. The Morgan fingerprint density at radius 2 is 1.61 bits per heavy atom. The highest BCUT2D eigenvalue weighted by Gasteiger charge is 2.51. The average molecular weight is 802 g/mol. The van der Waals surface area contributed by atoms with E-state index in [9.17, 15) is 34.1 Å². The lowest BCUT2D eigenvalue weighted by atomic mass is 10.1. The van der Waals surface area contributed by atoms with Crippen molar-refractivity contribution in [3.63, 3.8) is 0 Å². The number of rotatable bonds is 15. The van der Waals surface area contributed by atoms with E-state index < -0.39 is 79.8 Å². The van der Waals surface area contributed by atoms with E-state index in [1.165, 1.54) is 30.0 Å². The Morgan fingerprint density at radius 3 is 2.20 bits per heavy atom. The number of fused-ring (bicyclic) bond motifs is 1. The van der Waals surface area contributed by atoms with Gasteiger partial charge in [-0.1, -0.05) is 32.9 Å². The van der Waals surface area contributed by atoms with Crippen molar-refractivity contribution in [2.24, 2.45) is 0 Å². The van der Waals surface area contributed by atoms with E-state index in [0.29, 0.717) is 5.56 Å². The predicted molar refractivity (Wildman–Crippen MR) is 198 cm³/mol. The van der Waals surface area contributed by atoms with Crippen LogP contribution in [0.15, 0.2) is 36.9 Å². The zero-order valence-electron chi connectivity index (χ0n) is 32.6. The van der Waals surface area contributed by atoms with Gasteiger partial charge in [-0.15, -0.1) is 0 Å². The van der Waals surface area contributed by atoms with Gasteiger partial charge in [0.15, 0.2) is 49.8 Å². The number of anilines is 1. The number of nitro benzene ring substituents is 1. The van der Waals surface area contributed by atoms with Crippen LogP contribution in [0.3, 0.4) is 0 Å². The molecule has 1 aromatic carbocycles. The molecule has 3 aromatic rings. The number of nitrogens with zero attached hydrogens (tertiary/aromatic N) is 5. The zero-order valence-corrected chi connectivity index (χ0v) is 33.6. The van der Waals surface area contributed by atoms with Gasteiger partial charge < -0.3 is 33.4 Å². The summed E-state index contributed by atoms with van der Waals surface area (Å²) in [5.74, 6) is -2.86. The smallest absolute Gasteiger partial charge is 0.331 e. The number of urea groups is 1. The van der Waals surface area contributed by atoms with Crippen LogP contribution >= 0.6 is 0 Å². The van der Waals surface area contributed by atoms with E-state index in [1.807, 2.05) is 33.9 Å². The number of carbonyl (C=O) groups is 5. The minimum absolute atomic E-state index is 0.0652. The van der Waals surface area contributed by atoms with Crippen LogP contribution in [0, 0.1) is 10.1 Å². The maximum Gasteiger partial charge on any atom is 0.331 e. The number of ether oxygens (including phenoxy) is 5. The highest BCUT2D eigenvalue weighted by Crippen LogP contribution is 2.38. The van der Waals surface area contributed by atoms with Crippen LogP contribution in [0.4, 0.5) is 16.3 Å². The lowest BCUT2D eigenvalue weighted by Gasteiger charge is -2.40. The monoisotopic (exact) mass is 801 g/mol. The van der Waals surface area contributed by atoms with E-state index in [2.05, 4.69) is 25.6 Å². The summed E-state index contributed by atoms with van der Waals surface area (Å²) in [6.45, 7) is 14.9. The molecule has 1 saturated heterocycles. The summed E-state index contributed by atoms with van der Waals surface area (Å²) in [5.41, 5.74) is 0.825. The molecule has 21 heteroatoms. The van der Waals surface area contributed by atoms with E-state index in [4.69, 9.17) is 28.1 Å². The molecule has 0 spiro atoms. The number of hydrogen-bond acceptors (Lipinski definition) is 16. The van der Waals surface area contributed by atoms with Gasteiger partial charge in [-0.3, -0.25) is 34.4 Å². The van der Waals surface area contributed by atoms with E-state index in [-0.39, 0.29) is 47.3 Å². The Hall–Kier alpha value is -5.54. The second-order valence-corrected chi connectivity index (χ2v) is 19.3. The molecule has 1 fully saturated rings. The molecule has 2 N–H and O–H groups in total. The standard InChI is InChI=1S/C35H47N7O13Si/c1-19(55-56(8,9)35(5,6)7)26(33(46)50-15-14-23-10-12-24(13-11-23)42(48)49)39-34(47)40-30-27-31(37-17-36-30)41(18-38-27)32-29(53-22(4)45)28(52-21(3)44)25(54-32)16-51-20(2)43/h10-13,17-19,25-26,28-29,32H,14-16H2,1-9H3,(H2,36,37,39,40,47)/t19-,25-,26+,28-,29-,32-/m1/s1. The van der Waals surface area contributed by atoms with Gasteiger partial charge in [0.1, 0.15) is 19.0 Å². The van der Waals surface area contributed by atoms with Gasteiger partial charge >= 0.3 is 29.9 Å². The van der Waals surface area contributed by atoms with Gasteiger partial charge in [0, 0.05) is 39.3 Å². The number of aromatic nitrogens is 4. The molecular formula is C35H47N7O13Si. The minimum atomic E-state index is -2.46. The van der Waals surface area contributed by atoms with Crippen LogP contribution in [-0.2, 0) is 53.7 Å². The SMILES string of the molecule is CC(=O)OC[C@H]1O[C@@H](n2cnc3c(NC(=O)N[C@H](C(=O)OCCc4ccc([N+](=O)[O-])cc4)[C@@H](C)O[Si](C)(C)C(C)(C)C)ncnc32)[C@H](OC(C)=O)[C@@H]1OC(C)=O. The topological polar surface area (TPSA) is 252 Å². The Morgan fingerprint density at radius 1 is 0.964 bits per heavy atom. The van der Waals surface area contributed by atoms with Gasteiger partial charge in [-0.05, 0) is 30.6 Å². The fourth-order valence-electron chi connectivity index (χ4n) is 5.55. The van der Waals surface area contributed by atoms with Crippen molar-refractivity contribution >= 4 is 60.9 Å².